The molecule has 0 aliphatic heterocycles. The van der Waals surface area contributed by atoms with E-state index < -0.39 is 18.2 Å². The number of rotatable bonds is 5. The van der Waals surface area contributed by atoms with Crippen LogP contribution in [0.2, 0.25) is 0 Å². The van der Waals surface area contributed by atoms with Gasteiger partial charge in [0.15, 0.2) is 0 Å². The van der Waals surface area contributed by atoms with Crippen molar-refractivity contribution in [1.82, 2.24) is 0 Å². The Morgan fingerprint density at radius 3 is 2.73 bits per heavy atom. The standard InChI is InChI=1S/C9H11BrO4S/c10-3-7(11)9(14)5-1-6(15-4-5)2-8(12)13/h1,4,7,9,11,14H,2-3H2,(H,12,13). The molecule has 1 aromatic heterocycles. The lowest BCUT2D eigenvalue weighted by atomic mass is 10.1. The van der Waals surface area contributed by atoms with E-state index in [9.17, 15) is 15.0 Å². The van der Waals surface area contributed by atoms with Crippen LogP contribution in [-0.4, -0.2) is 32.7 Å². The van der Waals surface area contributed by atoms with Crippen molar-refractivity contribution < 1.29 is 20.1 Å². The second-order valence-electron chi connectivity index (χ2n) is 3.08. The maximum atomic E-state index is 10.4. The van der Waals surface area contributed by atoms with Gasteiger partial charge < -0.3 is 15.3 Å². The molecule has 0 fully saturated rings. The minimum Gasteiger partial charge on any atom is -0.481 e. The molecular weight excluding hydrogens is 284 g/mol. The van der Waals surface area contributed by atoms with Crippen LogP contribution in [0.25, 0.3) is 0 Å². The Bertz CT molecular complexity index is 339. The van der Waals surface area contributed by atoms with Gasteiger partial charge in [0.1, 0.15) is 6.10 Å². The zero-order valence-electron chi connectivity index (χ0n) is 7.76. The molecule has 4 nitrogen and oxygen atoms in total. The molecule has 2 unspecified atom stereocenters. The molecule has 0 aromatic carbocycles. The fourth-order valence-electron chi connectivity index (χ4n) is 1.10. The summed E-state index contributed by atoms with van der Waals surface area (Å²) in [7, 11) is 0. The highest BCUT2D eigenvalue weighted by molar-refractivity contribution is 9.09. The predicted octanol–water partition coefficient (Wildman–Crippen LogP) is 1.16. The number of carboxylic acid groups (broad SMARTS) is 1. The molecule has 1 aromatic rings. The van der Waals surface area contributed by atoms with E-state index in [2.05, 4.69) is 15.9 Å². The topological polar surface area (TPSA) is 77.8 Å². The number of aliphatic hydroxyl groups is 2. The molecule has 0 radical (unpaired) electrons. The average Bonchev–Trinajstić information content (AvgIpc) is 2.63. The molecule has 15 heavy (non-hydrogen) atoms. The van der Waals surface area contributed by atoms with Crippen LogP contribution in [0.3, 0.4) is 0 Å². The Kier molecular flexibility index (Phi) is 4.72. The molecule has 84 valence electrons. The van der Waals surface area contributed by atoms with Crippen molar-refractivity contribution in [2.45, 2.75) is 18.6 Å². The molecule has 1 rings (SSSR count). The van der Waals surface area contributed by atoms with Crippen molar-refractivity contribution in [3.05, 3.63) is 21.9 Å². The van der Waals surface area contributed by atoms with Gasteiger partial charge in [0, 0.05) is 10.2 Å². The monoisotopic (exact) mass is 294 g/mol. The number of aliphatic carboxylic acids is 1. The van der Waals surface area contributed by atoms with Crippen LogP contribution in [0.5, 0.6) is 0 Å². The quantitative estimate of drug-likeness (QED) is 0.712. The summed E-state index contributed by atoms with van der Waals surface area (Å²) in [6, 6.07) is 1.61. The van der Waals surface area contributed by atoms with Crippen LogP contribution in [-0.2, 0) is 11.2 Å². The second-order valence-corrected chi connectivity index (χ2v) is 4.73. The van der Waals surface area contributed by atoms with Crippen molar-refractivity contribution in [3.8, 4) is 0 Å². The first-order valence-corrected chi connectivity index (χ1v) is 6.26. The van der Waals surface area contributed by atoms with Crippen LogP contribution in [0, 0.1) is 0 Å². The van der Waals surface area contributed by atoms with Gasteiger partial charge in [-0.25, -0.2) is 0 Å². The number of carboxylic acids is 1. The third-order valence-electron chi connectivity index (χ3n) is 1.86. The maximum Gasteiger partial charge on any atom is 0.308 e. The molecule has 1 heterocycles. The molecule has 2 atom stereocenters. The number of carbonyl (C=O) groups is 1. The summed E-state index contributed by atoms with van der Waals surface area (Å²) in [5.41, 5.74) is 0.559. The lowest BCUT2D eigenvalue weighted by Crippen LogP contribution is -2.18. The van der Waals surface area contributed by atoms with Crippen molar-refractivity contribution in [2.75, 3.05) is 5.33 Å². The van der Waals surface area contributed by atoms with E-state index in [1.807, 2.05) is 0 Å². The number of hydrogen-bond donors (Lipinski definition) is 3. The summed E-state index contributed by atoms with van der Waals surface area (Å²) < 4.78 is 0. The molecule has 6 heteroatoms. The van der Waals surface area contributed by atoms with Crippen LogP contribution in [0.15, 0.2) is 11.4 Å². The number of aliphatic hydroxyl groups excluding tert-OH is 2. The highest BCUT2D eigenvalue weighted by atomic mass is 79.9. The molecule has 0 spiro atoms. The third-order valence-corrected chi connectivity index (χ3v) is 3.48. The van der Waals surface area contributed by atoms with Crippen molar-refractivity contribution in [2.24, 2.45) is 0 Å². The Morgan fingerprint density at radius 1 is 1.53 bits per heavy atom. The number of alkyl halides is 1. The lowest BCUT2D eigenvalue weighted by Gasteiger charge is -2.13. The van der Waals surface area contributed by atoms with E-state index in [1.54, 1.807) is 11.4 Å². The average molecular weight is 295 g/mol. The Labute approximate surface area is 99.3 Å². The smallest absolute Gasteiger partial charge is 0.308 e. The summed E-state index contributed by atoms with van der Waals surface area (Å²) >= 11 is 4.33. The third kappa shape index (κ3) is 3.57. The van der Waals surface area contributed by atoms with Crippen LogP contribution < -0.4 is 0 Å². The fourth-order valence-corrected chi connectivity index (χ4v) is 2.36. The predicted molar refractivity (Wildman–Crippen MR) is 60.4 cm³/mol. The van der Waals surface area contributed by atoms with Gasteiger partial charge in [0.05, 0.1) is 12.5 Å². The normalized spacial score (nSPS) is 14.9. The molecule has 0 bridgehead atoms. The van der Waals surface area contributed by atoms with E-state index in [4.69, 9.17) is 5.11 Å². The summed E-state index contributed by atoms with van der Waals surface area (Å²) in [4.78, 5) is 11.1. The number of thiophene rings is 1. The first-order valence-electron chi connectivity index (χ1n) is 4.25. The number of hydrogen-bond acceptors (Lipinski definition) is 4. The zero-order chi connectivity index (χ0) is 11.4. The van der Waals surface area contributed by atoms with Crippen molar-refractivity contribution in [1.29, 1.82) is 0 Å². The van der Waals surface area contributed by atoms with Gasteiger partial charge >= 0.3 is 5.97 Å². The summed E-state index contributed by atoms with van der Waals surface area (Å²) in [5.74, 6) is -0.904. The van der Waals surface area contributed by atoms with Gasteiger partial charge in [-0.15, -0.1) is 11.3 Å². The fraction of sp³-hybridized carbons (Fsp3) is 0.444. The van der Waals surface area contributed by atoms with Gasteiger partial charge in [-0.1, -0.05) is 15.9 Å². The van der Waals surface area contributed by atoms with E-state index in [-0.39, 0.29) is 11.8 Å². The first-order chi connectivity index (χ1) is 7.04. The highest BCUT2D eigenvalue weighted by Crippen LogP contribution is 2.24. The Balaban J connectivity index is 2.70. The van der Waals surface area contributed by atoms with E-state index >= 15 is 0 Å². The van der Waals surface area contributed by atoms with E-state index in [0.29, 0.717) is 10.4 Å². The second kappa shape index (κ2) is 5.60. The number of halogens is 1. The Hall–Kier alpha value is -0.430. The maximum absolute atomic E-state index is 10.4. The molecular formula is C9H11BrO4S. The van der Waals surface area contributed by atoms with Gasteiger partial charge in [0.2, 0.25) is 0 Å². The minimum atomic E-state index is -0.969. The van der Waals surface area contributed by atoms with Gasteiger partial charge in [-0.3, -0.25) is 4.79 Å². The van der Waals surface area contributed by atoms with Gasteiger partial charge in [-0.05, 0) is 17.0 Å². The summed E-state index contributed by atoms with van der Waals surface area (Å²) in [6.07, 6.45) is -1.90. The molecule has 0 amide bonds. The molecule has 0 aliphatic rings. The molecule has 0 saturated carbocycles. The summed E-state index contributed by atoms with van der Waals surface area (Å²) in [5, 5.41) is 29.5. The molecule has 0 aliphatic carbocycles. The van der Waals surface area contributed by atoms with Crippen LogP contribution in [0.1, 0.15) is 16.5 Å². The Morgan fingerprint density at radius 2 is 2.20 bits per heavy atom. The molecule has 0 saturated heterocycles. The molecule has 3 N–H and O–H groups in total. The summed E-state index contributed by atoms with van der Waals surface area (Å²) in [6.45, 7) is 0. The highest BCUT2D eigenvalue weighted by Gasteiger charge is 2.18. The SMILES string of the molecule is O=C(O)Cc1cc(C(O)C(O)CBr)cs1. The van der Waals surface area contributed by atoms with Crippen LogP contribution in [0.4, 0.5) is 0 Å². The zero-order valence-corrected chi connectivity index (χ0v) is 10.2. The minimum absolute atomic E-state index is 0.0538. The lowest BCUT2D eigenvalue weighted by molar-refractivity contribution is -0.136. The van der Waals surface area contributed by atoms with E-state index in [1.165, 1.54) is 11.3 Å². The van der Waals surface area contributed by atoms with Gasteiger partial charge in [0.25, 0.3) is 0 Å². The van der Waals surface area contributed by atoms with Crippen molar-refractivity contribution >= 4 is 33.2 Å². The largest absolute Gasteiger partial charge is 0.481 e. The van der Waals surface area contributed by atoms with Crippen LogP contribution >= 0.6 is 27.3 Å². The first kappa shape index (κ1) is 12.6. The van der Waals surface area contributed by atoms with Crippen molar-refractivity contribution in [3.63, 3.8) is 0 Å². The van der Waals surface area contributed by atoms with E-state index in [0.717, 1.165) is 0 Å². The van der Waals surface area contributed by atoms with Gasteiger partial charge in [-0.2, -0.15) is 0 Å².